The van der Waals surface area contributed by atoms with Gasteiger partial charge >= 0.3 is 0 Å². The molecule has 0 radical (unpaired) electrons. The molecule has 3 N–H and O–H groups in total. The van der Waals surface area contributed by atoms with Gasteiger partial charge < -0.3 is 0 Å². The van der Waals surface area contributed by atoms with E-state index in [1.807, 2.05) is 12.2 Å². The Morgan fingerprint density at radius 3 is 1.97 bits per heavy atom. The molecule has 2 aromatic rings. The molecule has 1 aliphatic heterocycles. The maximum atomic E-state index is 12.7. The second-order valence-corrected chi connectivity index (χ2v) is 9.48. The number of allylic oxidation sites excluding steroid dienone is 2. The summed E-state index contributed by atoms with van der Waals surface area (Å²) in [7, 11) is -3.84. The average Bonchev–Trinajstić information content (AvgIpc) is 3.07. The number of nitrogens with one attached hydrogen (secondary N) is 1. The van der Waals surface area contributed by atoms with Crippen LogP contribution >= 0.6 is 0 Å². The zero-order chi connectivity index (χ0) is 23.8. The fourth-order valence-corrected chi connectivity index (χ4v) is 4.48. The predicted octanol–water partition coefficient (Wildman–Crippen LogP) is 1.94. The number of hydrogen-bond acceptors (Lipinski definition) is 6. The van der Waals surface area contributed by atoms with Gasteiger partial charge in [-0.2, -0.15) is 5.10 Å². The first-order chi connectivity index (χ1) is 15.7. The molecule has 2 aliphatic rings. The van der Waals surface area contributed by atoms with Crippen LogP contribution in [-0.2, 0) is 19.6 Å². The molecule has 9 nitrogen and oxygen atoms in total. The zero-order valence-corrected chi connectivity index (χ0v) is 18.6. The zero-order valence-electron chi connectivity index (χ0n) is 17.8. The monoisotopic (exact) mass is 466 g/mol. The van der Waals surface area contributed by atoms with Crippen LogP contribution in [-0.4, -0.2) is 31.9 Å². The molecule has 33 heavy (non-hydrogen) atoms. The largest absolute Gasteiger partial charge is 0.274 e. The lowest BCUT2D eigenvalue weighted by atomic mass is 9.85. The minimum Gasteiger partial charge on any atom is -0.274 e. The van der Waals surface area contributed by atoms with Crippen molar-refractivity contribution >= 4 is 39.1 Å². The minimum absolute atomic E-state index is 0.0932. The molecule has 0 saturated carbocycles. The number of imide groups is 1. The van der Waals surface area contributed by atoms with Gasteiger partial charge in [-0.1, -0.05) is 24.3 Å². The Bertz CT molecular complexity index is 1260. The van der Waals surface area contributed by atoms with Crippen LogP contribution in [0.2, 0.25) is 0 Å². The van der Waals surface area contributed by atoms with Crippen LogP contribution in [0.25, 0.3) is 0 Å². The Hall–Kier alpha value is -3.63. The third-order valence-corrected chi connectivity index (χ3v) is 6.75. The second-order valence-electron chi connectivity index (χ2n) is 7.92. The van der Waals surface area contributed by atoms with Crippen LogP contribution in [0.1, 0.15) is 35.7 Å². The number of nitrogens with zero attached hydrogens (tertiary/aromatic N) is 2. The predicted molar refractivity (Wildman–Crippen MR) is 122 cm³/mol. The summed E-state index contributed by atoms with van der Waals surface area (Å²) < 4.78 is 22.6. The Morgan fingerprint density at radius 2 is 1.45 bits per heavy atom. The Kier molecular flexibility index (Phi) is 5.96. The van der Waals surface area contributed by atoms with E-state index in [4.69, 9.17) is 5.14 Å². The van der Waals surface area contributed by atoms with Crippen molar-refractivity contribution in [3.8, 4) is 0 Å². The summed E-state index contributed by atoms with van der Waals surface area (Å²) in [6, 6.07) is 12.0. The molecule has 0 spiro atoms. The number of nitrogens with two attached hydrogens (primary N) is 1. The molecule has 0 aromatic heterocycles. The van der Waals surface area contributed by atoms with Crippen molar-refractivity contribution in [3.63, 3.8) is 0 Å². The van der Waals surface area contributed by atoms with Crippen molar-refractivity contribution in [2.75, 3.05) is 4.90 Å². The highest BCUT2D eigenvalue weighted by atomic mass is 32.2. The maximum Gasteiger partial charge on any atom is 0.271 e. The van der Waals surface area contributed by atoms with Gasteiger partial charge in [0.1, 0.15) is 0 Å². The number of amides is 3. The van der Waals surface area contributed by atoms with E-state index in [9.17, 15) is 22.8 Å². The number of carbonyl (C=O) groups is 3. The van der Waals surface area contributed by atoms with Gasteiger partial charge in [0.2, 0.25) is 21.8 Å². The van der Waals surface area contributed by atoms with Crippen LogP contribution < -0.4 is 15.5 Å². The average molecular weight is 467 g/mol. The van der Waals surface area contributed by atoms with Crippen molar-refractivity contribution in [2.45, 2.75) is 24.7 Å². The van der Waals surface area contributed by atoms with Gasteiger partial charge in [0, 0.05) is 5.56 Å². The molecule has 10 heteroatoms. The van der Waals surface area contributed by atoms with E-state index in [1.165, 1.54) is 29.2 Å². The first-order valence-corrected chi connectivity index (χ1v) is 11.8. The van der Waals surface area contributed by atoms with E-state index in [-0.39, 0.29) is 34.1 Å². The topological polar surface area (TPSA) is 139 Å². The van der Waals surface area contributed by atoms with Gasteiger partial charge in [-0.25, -0.2) is 19.0 Å². The number of carbonyl (C=O) groups excluding carboxylic acids is 3. The number of benzene rings is 2. The first-order valence-electron chi connectivity index (χ1n) is 10.3. The van der Waals surface area contributed by atoms with Gasteiger partial charge in [-0.05, 0) is 61.7 Å². The SMILES string of the molecule is C/C(=N\NC(=O)c1ccc(S(N)(=O)=O)cc1)c1ccc(N2C(=O)C3CC=CCC3C2=O)cc1. The molecule has 4 rings (SSSR count). The first kappa shape index (κ1) is 22.6. The smallest absolute Gasteiger partial charge is 0.271 e. The molecule has 2 aromatic carbocycles. The summed E-state index contributed by atoms with van der Waals surface area (Å²) >= 11 is 0. The number of primary sulfonamides is 1. The van der Waals surface area contributed by atoms with Crippen LogP contribution in [0.3, 0.4) is 0 Å². The molecular weight excluding hydrogens is 444 g/mol. The van der Waals surface area contributed by atoms with Crippen molar-refractivity contribution in [3.05, 3.63) is 71.8 Å². The van der Waals surface area contributed by atoms with Crippen molar-refractivity contribution in [1.29, 1.82) is 0 Å². The Balaban J connectivity index is 1.44. The van der Waals surface area contributed by atoms with Crippen molar-refractivity contribution in [2.24, 2.45) is 22.1 Å². The Morgan fingerprint density at radius 1 is 0.939 bits per heavy atom. The number of hydrazone groups is 1. The minimum atomic E-state index is -3.84. The summed E-state index contributed by atoms with van der Waals surface area (Å²) in [6.07, 6.45) is 5.06. The summed E-state index contributed by atoms with van der Waals surface area (Å²) in [4.78, 5) is 38.9. The van der Waals surface area contributed by atoms with E-state index >= 15 is 0 Å². The molecule has 1 heterocycles. The van der Waals surface area contributed by atoms with Gasteiger partial charge in [0.05, 0.1) is 28.1 Å². The Labute approximate surface area is 191 Å². The number of sulfonamides is 1. The fourth-order valence-electron chi connectivity index (χ4n) is 3.97. The lowest BCUT2D eigenvalue weighted by Gasteiger charge is -2.15. The van der Waals surface area contributed by atoms with Gasteiger partial charge in [-0.15, -0.1) is 0 Å². The molecule has 1 aliphatic carbocycles. The van der Waals surface area contributed by atoms with E-state index < -0.39 is 15.9 Å². The van der Waals surface area contributed by atoms with E-state index in [2.05, 4.69) is 10.5 Å². The van der Waals surface area contributed by atoms with Crippen molar-refractivity contribution in [1.82, 2.24) is 5.43 Å². The summed E-state index contributed by atoms with van der Waals surface area (Å²) in [5, 5.41) is 9.12. The molecule has 2 unspecified atom stereocenters. The molecule has 170 valence electrons. The quantitative estimate of drug-likeness (QED) is 0.300. The lowest BCUT2D eigenvalue weighted by Crippen LogP contribution is -2.30. The normalized spacial score (nSPS) is 20.7. The molecule has 0 bridgehead atoms. The van der Waals surface area contributed by atoms with E-state index in [1.54, 1.807) is 31.2 Å². The van der Waals surface area contributed by atoms with Gasteiger partial charge in [-0.3, -0.25) is 19.3 Å². The number of hydrogen-bond donors (Lipinski definition) is 2. The lowest BCUT2D eigenvalue weighted by molar-refractivity contribution is -0.122. The van der Waals surface area contributed by atoms with Crippen LogP contribution in [0.4, 0.5) is 5.69 Å². The highest BCUT2D eigenvalue weighted by Crippen LogP contribution is 2.37. The molecule has 2 atom stereocenters. The van der Waals surface area contributed by atoms with Crippen LogP contribution in [0.15, 0.2) is 70.7 Å². The van der Waals surface area contributed by atoms with Gasteiger partial charge in [0.25, 0.3) is 5.91 Å². The van der Waals surface area contributed by atoms with E-state index in [0.29, 0.717) is 29.8 Å². The van der Waals surface area contributed by atoms with E-state index in [0.717, 1.165) is 0 Å². The molecule has 3 amide bonds. The molecular formula is C23H22N4O5S. The number of anilines is 1. The highest BCUT2D eigenvalue weighted by Gasteiger charge is 2.47. The third kappa shape index (κ3) is 4.48. The summed E-state index contributed by atoms with van der Waals surface area (Å²) in [6.45, 7) is 1.70. The maximum absolute atomic E-state index is 12.7. The second kappa shape index (κ2) is 8.72. The highest BCUT2D eigenvalue weighted by molar-refractivity contribution is 7.89. The van der Waals surface area contributed by atoms with Crippen LogP contribution in [0, 0.1) is 11.8 Å². The third-order valence-electron chi connectivity index (χ3n) is 5.82. The summed E-state index contributed by atoms with van der Waals surface area (Å²) in [5.41, 5.74) is 4.35. The number of fused-ring (bicyclic) bond motifs is 1. The molecule has 1 saturated heterocycles. The summed E-state index contributed by atoms with van der Waals surface area (Å²) in [5.74, 6) is -1.45. The van der Waals surface area contributed by atoms with Crippen LogP contribution in [0.5, 0.6) is 0 Å². The standard InChI is InChI=1S/C23H22N4O5S/c1-14(25-26-21(28)16-8-12-18(13-9-16)33(24,31)32)15-6-10-17(11-7-15)27-22(29)19-4-2-3-5-20(19)23(27)30/h2-3,6-13,19-20H,4-5H2,1H3,(H,26,28)(H2,24,31,32)/b25-14+. The molecule has 1 fully saturated rings. The fraction of sp³-hybridized carbons (Fsp3) is 0.217. The number of rotatable bonds is 5. The van der Waals surface area contributed by atoms with Gasteiger partial charge in [0.15, 0.2) is 0 Å². The van der Waals surface area contributed by atoms with Crippen molar-refractivity contribution < 1.29 is 22.8 Å².